The zero-order chi connectivity index (χ0) is 16.5. The van der Waals surface area contributed by atoms with Crippen molar-refractivity contribution in [2.24, 2.45) is 0 Å². The summed E-state index contributed by atoms with van der Waals surface area (Å²) in [6.45, 7) is 6.76. The lowest BCUT2D eigenvalue weighted by Crippen LogP contribution is -2.46. The van der Waals surface area contributed by atoms with Crippen LogP contribution < -0.4 is 4.90 Å². The maximum Gasteiger partial charge on any atom is 0.138 e. The first-order valence-corrected chi connectivity index (χ1v) is 8.39. The average molecular weight is 322 g/mol. The molecule has 0 bridgehead atoms. The number of hydrogen-bond donors (Lipinski definition) is 1. The largest absolute Gasteiger partial charge is 0.506 e. The van der Waals surface area contributed by atoms with Gasteiger partial charge in [0.05, 0.1) is 11.4 Å². The molecule has 0 saturated carbocycles. The molecule has 3 heterocycles. The lowest BCUT2D eigenvalue weighted by Gasteiger charge is -2.36. The predicted octanol–water partition coefficient (Wildman–Crippen LogP) is 2.67. The number of benzene rings is 1. The van der Waals surface area contributed by atoms with Crippen molar-refractivity contribution in [1.82, 2.24) is 14.3 Å². The van der Waals surface area contributed by atoms with Crippen molar-refractivity contribution in [3.8, 4) is 5.75 Å². The number of aromatic nitrogens is 2. The molecular formula is C19H22N4O. The molecule has 2 aromatic heterocycles. The monoisotopic (exact) mass is 322 g/mol. The molecule has 3 aromatic rings. The quantitative estimate of drug-likeness (QED) is 0.805. The summed E-state index contributed by atoms with van der Waals surface area (Å²) in [5, 5.41) is 10.0. The molecule has 1 fully saturated rings. The van der Waals surface area contributed by atoms with Crippen LogP contribution in [0.1, 0.15) is 11.4 Å². The molecule has 0 atom stereocenters. The maximum atomic E-state index is 10.0. The molecule has 1 aromatic carbocycles. The number of anilines is 1. The summed E-state index contributed by atoms with van der Waals surface area (Å²) in [7, 11) is 0. The second kappa shape index (κ2) is 6.17. The molecule has 5 heteroatoms. The Balaban J connectivity index is 1.42. The second-order valence-electron chi connectivity index (χ2n) is 6.38. The smallest absolute Gasteiger partial charge is 0.138 e. The Morgan fingerprint density at radius 1 is 1.00 bits per heavy atom. The van der Waals surface area contributed by atoms with Crippen LogP contribution in [0.25, 0.3) is 5.65 Å². The molecule has 1 aliphatic heterocycles. The van der Waals surface area contributed by atoms with Crippen LogP contribution in [-0.2, 0) is 6.54 Å². The molecular weight excluding hydrogens is 300 g/mol. The zero-order valence-electron chi connectivity index (χ0n) is 13.9. The van der Waals surface area contributed by atoms with Gasteiger partial charge in [0.25, 0.3) is 0 Å². The highest BCUT2D eigenvalue weighted by atomic mass is 16.3. The number of rotatable bonds is 3. The number of aryl methyl sites for hydroxylation is 1. The minimum Gasteiger partial charge on any atom is -0.506 e. The van der Waals surface area contributed by atoms with Crippen LogP contribution in [0.3, 0.4) is 0 Å². The Morgan fingerprint density at radius 2 is 1.79 bits per heavy atom. The predicted molar refractivity (Wildman–Crippen MR) is 95.5 cm³/mol. The van der Waals surface area contributed by atoms with Gasteiger partial charge in [0.15, 0.2) is 0 Å². The Morgan fingerprint density at radius 3 is 2.54 bits per heavy atom. The van der Waals surface area contributed by atoms with E-state index < -0.39 is 0 Å². The van der Waals surface area contributed by atoms with E-state index in [2.05, 4.69) is 33.4 Å². The number of nitrogens with zero attached hydrogens (tertiary/aromatic N) is 4. The highest BCUT2D eigenvalue weighted by Crippen LogP contribution is 2.27. The van der Waals surface area contributed by atoms with Crippen LogP contribution in [0, 0.1) is 6.92 Å². The fraction of sp³-hybridized carbons (Fsp3) is 0.316. The van der Waals surface area contributed by atoms with E-state index in [1.807, 2.05) is 30.3 Å². The van der Waals surface area contributed by atoms with E-state index in [4.69, 9.17) is 4.98 Å². The summed E-state index contributed by atoms with van der Waals surface area (Å²) < 4.78 is 2.15. The van der Waals surface area contributed by atoms with Crippen LogP contribution in [-0.4, -0.2) is 45.6 Å². The minimum atomic E-state index is 0.363. The SMILES string of the molecule is Cc1cccc2nc(CN3CCN(c4ccccc4O)CC3)cn12. The Hall–Kier alpha value is -2.53. The molecule has 1 saturated heterocycles. The summed E-state index contributed by atoms with van der Waals surface area (Å²) in [5.41, 5.74) is 4.26. The highest BCUT2D eigenvalue weighted by molar-refractivity contribution is 5.57. The van der Waals surface area contributed by atoms with Crippen LogP contribution in [0.5, 0.6) is 5.75 Å². The molecule has 1 aliphatic rings. The van der Waals surface area contributed by atoms with Crippen molar-refractivity contribution in [3.63, 3.8) is 0 Å². The first-order valence-electron chi connectivity index (χ1n) is 8.39. The Bertz CT molecular complexity index is 849. The van der Waals surface area contributed by atoms with E-state index in [0.717, 1.165) is 49.8 Å². The number of para-hydroxylation sites is 2. The Kier molecular flexibility index (Phi) is 3.86. The third kappa shape index (κ3) is 2.83. The van der Waals surface area contributed by atoms with Gasteiger partial charge in [0, 0.05) is 44.6 Å². The molecule has 0 unspecified atom stereocenters. The lowest BCUT2D eigenvalue weighted by molar-refractivity contribution is 0.247. The summed E-state index contributed by atoms with van der Waals surface area (Å²) in [6, 6.07) is 13.8. The van der Waals surface area contributed by atoms with Gasteiger partial charge >= 0.3 is 0 Å². The van der Waals surface area contributed by atoms with Crippen LogP contribution in [0.2, 0.25) is 0 Å². The van der Waals surface area contributed by atoms with Crippen molar-refractivity contribution >= 4 is 11.3 Å². The number of phenolic OH excluding ortho intramolecular Hbond substituents is 1. The molecule has 0 radical (unpaired) electrons. The van der Waals surface area contributed by atoms with Crippen LogP contribution >= 0.6 is 0 Å². The second-order valence-corrected chi connectivity index (χ2v) is 6.38. The number of hydrogen-bond acceptors (Lipinski definition) is 4. The highest BCUT2D eigenvalue weighted by Gasteiger charge is 2.19. The molecule has 4 rings (SSSR count). The number of piperazine rings is 1. The molecule has 24 heavy (non-hydrogen) atoms. The molecule has 1 N–H and O–H groups in total. The van der Waals surface area contributed by atoms with Gasteiger partial charge in [-0.25, -0.2) is 4.98 Å². The first kappa shape index (κ1) is 15.0. The summed E-state index contributed by atoms with van der Waals surface area (Å²) in [4.78, 5) is 9.40. The molecule has 0 aliphatic carbocycles. The average Bonchev–Trinajstić information content (AvgIpc) is 3.00. The molecule has 0 amide bonds. The zero-order valence-corrected chi connectivity index (χ0v) is 13.9. The van der Waals surface area contributed by atoms with Crippen LogP contribution in [0.15, 0.2) is 48.7 Å². The fourth-order valence-corrected chi connectivity index (χ4v) is 3.38. The van der Waals surface area contributed by atoms with Gasteiger partial charge in [-0.1, -0.05) is 18.2 Å². The minimum absolute atomic E-state index is 0.363. The first-order chi connectivity index (χ1) is 11.7. The number of phenols is 1. The lowest BCUT2D eigenvalue weighted by atomic mass is 10.2. The van der Waals surface area contributed by atoms with Crippen molar-refractivity contribution in [2.75, 3.05) is 31.1 Å². The van der Waals surface area contributed by atoms with Crippen molar-refractivity contribution < 1.29 is 5.11 Å². The maximum absolute atomic E-state index is 10.0. The van der Waals surface area contributed by atoms with E-state index in [9.17, 15) is 5.11 Å². The molecule has 0 spiro atoms. The van der Waals surface area contributed by atoms with Gasteiger partial charge in [-0.2, -0.15) is 0 Å². The number of fused-ring (bicyclic) bond motifs is 1. The molecule has 124 valence electrons. The van der Waals surface area contributed by atoms with E-state index >= 15 is 0 Å². The van der Waals surface area contributed by atoms with Gasteiger partial charge in [-0.05, 0) is 31.2 Å². The number of pyridine rings is 1. The van der Waals surface area contributed by atoms with E-state index in [0.29, 0.717) is 5.75 Å². The Labute approximate surface area is 141 Å². The van der Waals surface area contributed by atoms with Gasteiger partial charge < -0.3 is 14.4 Å². The topological polar surface area (TPSA) is 44.0 Å². The van der Waals surface area contributed by atoms with Gasteiger partial charge in [0.2, 0.25) is 0 Å². The summed E-state index contributed by atoms with van der Waals surface area (Å²) in [6.07, 6.45) is 2.14. The normalized spacial score (nSPS) is 16.0. The third-order valence-corrected chi connectivity index (χ3v) is 4.73. The number of imidazole rings is 1. The van der Waals surface area contributed by atoms with E-state index in [-0.39, 0.29) is 0 Å². The van der Waals surface area contributed by atoms with Crippen LogP contribution in [0.4, 0.5) is 5.69 Å². The molecule has 5 nitrogen and oxygen atoms in total. The van der Waals surface area contributed by atoms with E-state index in [1.54, 1.807) is 6.07 Å². The van der Waals surface area contributed by atoms with Crippen molar-refractivity contribution in [1.29, 1.82) is 0 Å². The van der Waals surface area contributed by atoms with Crippen molar-refractivity contribution in [3.05, 3.63) is 60.0 Å². The summed E-state index contributed by atoms with van der Waals surface area (Å²) >= 11 is 0. The van der Waals surface area contributed by atoms with E-state index in [1.165, 1.54) is 5.69 Å². The standard InChI is InChI=1S/C19H22N4O/c1-15-5-4-8-19-20-16(14-23(15)19)13-21-9-11-22(12-10-21)17-6-2-3-7-18(17)24/h2-8,14,24H,9-13H2,1H3. The van der Waals surface area contributed by atoms with Gasteiger partial charge in [-0.3, -0.25) is 4.90 Å². The van der Waals surface area contributed by atoms with Gasteiger partial charge in [0.1, 0.15) is 11.4 Å². The van der Waals surface area contributed by atoms with Gasteiger partial charge in [-0.15, -0.1) is 0 Å². The fourth-order valence-electron chi connectivity index (χ4n) is 3.38. The number of aromatic hydroxyl groups is 1. The van der Waals surface area contributed by atoms with Crippen molar-refractivity contribution in [2.45, 2.75) is 13.5 Å². The third-order valence-electron chi connectivity index (χ3n) is 4.73. The summed E-state index contributed by atoms with van der Waals surface area (Å²) in [5.74, 6) is 0.363.